The lowest BCUT2D eigenvalue weighted by Crippen LogP contribution is -2.54. The largest absolute Gasteiger partial charge is 0.465 e. The summed E-state index contributed by atoms with van der Waals surface area (Å²) in [5.74, 6) is -2.57. The van der Waals surface area contributed by atoms with Crippen LogP contribution in [0.1, 0.15) is 82.3 Å². The molecule has 7 heteroatoms. The molecule has 196 valence electrons. The first-order chi connectivity index (χ1) is 17.4. The highest BCUT2D eigenvalue weighted by Gasteiger charge is 2.71. The number of benzene rings is 1. The van der Waals surface area contributed by atoms with Crippen LogP contribution < -0.4 is 4.74 Å². The fourth-order valence-electron chi connectivity index (χ4n) is 7.88. The van der Waals surface area contributed by atoms with Gasteiger partial charge in [-0.3, -0.25) is 0 Å². The topological polar surface area (TPSA) is 60.7 Å². The van der Waals surface area contributed by atoms with E-state index in [0.717, 1.165) is 68.4 Å². The van der Waals surface area contributed by atoms with Gasteiger partial charge >= 0.3 is 0 Å². The maximum Gasteiger partial charge on any atom is 0.279 e. The van der Waals surface area contributed by atoms with E-state index in [1.165, 1.54) is 0 Å². The van der Waals surface area contributed by atoms with Gasteiger partial charge < -0.3 is 18.9 Å². The summed E-state index contributed by atoms with van der Waals surface area (Å²) in [6.45, 7) is 3.02. The van der Waals surface area contributed by atoms with Crippen molar-refractivity contribution in [3.05, 3.63) is 29.3 Å². The molecule has 1 aromatic carbocycles. The zero-order valence-electron chi connectivity index (χ0n) is 21.1. The maximum atomic E-state index is 16.0. The van der Waals surface area contributed by atoms with Gasteiger partial charge in [-0.1, -0.05) is 13.0 Å². The van der Waals surface area contributed by atoms with Crippen molar-refractivity contribution in [2.45, 2.75) is 108 Å². The van der Waals surface area contributed by atoms with E-state index in [1.54, 1.807) is 6.92 Å². The van der Waals surface area contributed by atoms with Crippen LogP contribution in [0, 0.1) is 28.6 Å². The Kier molecular flexibility index (Phi) is 6.29. The van der Waals surface area contributed by atoms with Crippen LogP contribution in [0.3, 0.4) is 0 Å². The molecule has 3 aliphatic carbocycles. The molecule has 5 aliphatic rings. The highest BCUT2D eigenvalue weighted by molar-refractivity contribution is 5.48. The molecule has 2 aliphatic heterocycles. The van der Waals surface area contributed by atoms with E-state index in [0.29, 0.717) is 25.9 Å². The van der Waals surface area contributed by atoms with E-state index in [-0.39, 0.29) is 24.5 Å². The average molecular weight is 502 g/mol. The summed E-state index contributed by atoms with van der Waals surface area (Å²) in [6, 6.07) is 8.65. The Morgan fingerprint density at radius 3 is 2.42 bits per heavy atom. The van der Waals surface area contributed by atoms with Gasteiger partial charge in [0.1, 0.15) is 11.9 Å². The Balaban J connectivity index is 1.26. The highest BCUT2D eigenvalue weighted by atomic mass is 19.3. The normalized spacial score (nSPS) is 41.4. The first-order valence-electron chi connectivity index (χ1n) is 13.9. The minimum atomic E-state index is -2.95. The van der Waals surface area contributed by atoms with Crippen LogP contribution in [0.2, 0.25) is 0 Å². The lowest BCUT2D eigenvalue weighted by molar-refractivity contribution is -0.250. The Bertz CT molecular complexity index is 1020. The summed E-state index contributed by atoms with van der Waals surface area (Å²) in [5.41, 5.74) is 0.196. The van der Waals surface area contributed by atoms with Crippen molar-refractivity contribution in [2.24, 2.45) is 17.3 Å². The molecule has 0 N–H and O–H groups in total. The Labute approximate surface area is 212 Å². The summed E-state index contributed by atoms with van der Waals surface area (Å²) >= 11 is 0. The van der Waals surface area contributed by atoms with E-state index >= 15 is 8.78 Å². The second-order valence-corrected chi connectivity index (χ2v) is 11.8. The van der Waals surface area contributed by atoms with Gasteiger partial charge in [-0.2, -0.15) is 5.26 Å². The second kappa shape index (κ2) is 9.22. The quantitative estimate of drug-likeness (QED) is 0.486. The Morgan fingerprint density at radius 1 is 0.972 bits per heavy atom. The van der Waals surface area contributed by atoms with Gasteiger partial charge in [-0.05, 0) is 99.3 Å². The van der Waals surface area contributed by atoms with Gasteiger partial charge in [0, 0.05) is 18.4 Å². The van der Waals surface area contributed by atoms with Crippen molar-refractivity contribution in [3.8, 4) is 11.8 Å². The van der Waals surface area contributed by atoms with Crippen LogP contribution in [-0.2, 0) is 26.0 Å². The second-order valence-electron chi connectivity index (χ2n) is 11.8. The fraction of sp³-hybridized carbons (Fsp3) is 0.759. The van der Waals surface area contributed by atoms with Gasteiger partial charge in [-0.25, -0.2) is 8.78 Å². The molecule has 4 fully saturated rings. The van der Waals surface area contributed by atoms with Crippen LogP contribution in [0.5, 0.6) is 5.75 Å². The Hall–Kier alpha value is -1.75. The SMILES string of the molecule is C[C@]12CC[C@]3(C#N)c4ccc(OC5CCCCO5)cc4CC[C@H]3[C@@H]1CC(OC1CCCCO1)C2(F)F. The number of rotatable bonds is 4. The average Bonchev–Trinajstić information content (AvgIpc) is 3.09. The molecule has 0 radical (unpaired) electrons. The number of aryl methyl sites for hydroxylation is 1. The number of hydrogen-bond donors (Lipinski definition) is 0. The van der Waals surface area contributed by atoms with Crippen molar-refractivity contribution in [1.29, 1.82) is 5.26 Å². The minimum Gasteiger partial charge on any atom is -0.465 e. The maximum absolute atomic E-state index is 16.0. The molecule has 7 atom stereocenters. The third-order valence-electron chi connectivity index (χ3n) is 9.95. The third kappa shape index (κ3) is 3.78. The monoisotopic (exact) mass is 501 g/mol. The number of nitriles is 1. The van der Waals surface area contributed by atoms with Gasteiger partial charge in [0.15, 0.2) is 12.6 Å². The van der Waals surface area contributed by atoms with Gasteiger partial charge in [0.25, 0.3) is 5.92 Å². The number of ether oxygens (including phenoxy) is 4. The molecule has 2 saturated carbocycles. The summed E-state index contributed by atoms with van der Waals surface area (Å²) in [4.78, 5) is 0. The predicted octanol–water partition coefficient (Wildman–Crippen LogP) is 6.28. The zero-order valence-corrected chi connectivity index (χ0v) is 21.1. The predicted molar refractivity (Wildman–Crippen MR) is 129 cm³/mol. The van der Waals surface area contributed by atoms with Gasteiger partial charge in [0.2, 0.25) is 0 Å². The van der Waals surface area contributed by atoms with Crippen molar-refractivity contribution < 1.29 is 27.7 Å². The van der Waals surface area contributed by atoms with Crippen molar-refractivity contribution in [1.82, 2.24) is 0 Å². The molecule has 0 bridgehead atoms. The van der Waals surface area contributed by atoms with Crippen molar-refractivity contribution >= 4 is 0 Å². The smallest absolute Gasteiger partial charge is 0.279 e. The molecular formula is C29H37F2NO4. The van der Waals surface area contributed by atoms with Crippen molar-refractivity contribution in [3.63, 3.8) is 0 Å². The van der Waals surface area contributed by atoms with E-state index < -0.39 is 29.1 Å². The number of hydrogen-bond acceptors (Lipinski definition) is 5. The molecular weight excluding hydrogens is 464 g/mol. The molecule has 2 heterocycles. The van der Waals surface area contributed by atoms with Gasteiger partial charge in [-0.15, -0.1) is 0 Å². The lowest BCUT2D eigenvalue weighted by atomic mass is 9.49. The van der Waals surface area contributed by atoms with Crippen LogP contribution in [0.15, 0.2) is 18.2 Å². The number of alkyl halides is 2. The van der Waals surface area contributed by atoms with Crippen molar-refractivity contribution in [2.75, 3.05) is 13.2 Å². The molecule has 0 aromatic heterocycles. The van der Waals surface area contributed by atoms with Crippen LogP contribution in [0.25, 0.3) is 0 Å². The molecule has 5 nitrogen and oxygen atoms in total. The third-order valence-corrected chi connectivity index (χ3v) is 9.95. The standard InChI is InChI=1S/C29H37F2NO4/c1-27-12-13-28(18-32)21-11-9-20(35-25-6-2-4-14-33-25)16-19(21)8-10-22(28)23(27)17-24(29(27,30)31)36-26-7-3-5-15-34-26/h9,11,16,22-26H,2-8,10,12-15,17H2,1H3/t22-,23-,24?,25?,26?,27-,28-/m0/s1. The van der Waals surface area contributed by atoms with E-state index in [1.807, 2.05) is 18.2 Å². The molecule has 0 amide bonds. The lowest BCUT2D eigenvalue weighted by Gasteiger charge is -2.54. The molecule has 0 spiro atoms. The van der Waals surface area contributed by atoms with E-state index in [4.69, 9.17) is 18.9 Å². The summed E-state index contributed by atoms with van der Waals surface area (Å²) < 4.78 is 55.3. The number of halogens is 2. The fourth-order valence-corrected chi connectivity index (χ4v) is 7.88. The first kappa shape index (κ1) is 24.6. The van der Waals surface area contributed by atoms with E-state index in [9.17, 15) is 5.26 Å². The molecule has 1 aromatic rings. The van der Waals surface area contributed by atoms with Gasteiger partial charge in [0.05, 0.1) is 18.1 Å². The molecule has 6 rings (SSSR count). The molecule has 36 heavy (non-hydrogen) atoms. The first-order valence-corrected chi connectivity index (χ1v) is 13.9. The highest BCUT2D eigenvalue weighted by Crippen LogP contribution is 2.68. The zero-order chi connectivity index (χ0) is 25.0. The number of nitrogens with zero attached hydrogens (tertiary/aromatic N) is 1. The Morgan fingerprint density at radius 2 is 1.72 bits per heavy atom. The van der Waals surface area contributed by atoms with E-state index in [2.05, 4.69) is 6.07 Å². The number of fused-ring (bicyclic) bond motifs is 5. The van der Waals surface area contributed by atoms with Crippen LogP contribution >= 0.6 is 0 Å². The molecule has 2 saturated heterocycles. The summed E-state index contributed by atoms with van der Waals surface area (Å²) in [5, 5.41) is 10.6. The van der Waals surface area contributed by atoms with Crippen LogP contribution in [0.4, 0.5) is 8.78 Å². The van der Waals surface area contributed by atoms with Crippen LogP contribution in [-0.4, -0.2) is 37.8 Å². The minimum absolute atomic E-state index is 0.117. The summed E-state index contributed by atoms with van der Waals surface area (Å²) in [6.07, 6.45) is 6.22. The molecule has 3 unspecified atom stereocenters. The summed E-state index contributed by atoms with van der Waals surface area (Å²) in [7, 11) is 0.